The third-order valence-corrected chi connectivity index (χ3v) is 6.09. The molecule has 2 amide bonds. The number of fused-ring (bicyclic) bond motifs is 1. The van der Waals surface area contributed by atoms with Gasteiger partial charge in [-0.1, -0.05) is 18.2 Å². The lowest BCUT2D eigenvalue weighted by atomic mass is 9.96. The second kappa shape index (κ2) is 9.09. The molecule has 0 saturated carbocycles. The predicted molar refractivity (Wildman–Crippen MR) is 116 cm³/mol. The number of rotatable bonds is 6. The third-order valence-electron chi connectivity index (χ3n) is 5.19. The summed E-state index contributed by atoms with van der Waals surface area (Å²) in [4.78, 5) is 27.1. The summed E-state index contributed by atoms with van der Waals surface area (Å²) in [5.74, 6) is 0.607. The molecule has 150 valence electrons. The molecule has 1 fully saturated rings. The van der Waals surface area contributed by atoms with Gasteiger partial charge in [0.15, 0.2) is 0 Å². The van der Waals surface area contributed by atoms with E-state index >= 15 is 0 Å². The first-order valence-electron chi connectivity index (χ1n) is 9.93. The Morgan fingerprint density at radius 2 is 2.00 bits per heavy atom. The number of likely N-dealkylation sites (tertiary alicyclic amines) is 1. The summed E-state index contributed by atoms with van der Waals surface area (Å²) < 4.78 is 6.83. The van der Waals surface area contributed by atoms with Crippen LogP contribution in [0.4, 0.5) is 5.69 Å². The lowest BCUT2D eigenvalue weighted by Crippen LogP contribution is -2.44. The summed E-state index contributed by atoms with van der Waals surface area (Å²) in [6, 6.07) is 17.5. The van der Waals surface area contributed by atoms with Crippen LogP contribution in [0.3, 0.4) is 0 Å². The van der Waals surface area contributed by atoms with E-state index in [4.69, 9.17) is 4.74 Å². The summed E-state index contributed by atoms with van der Waals surface area (Å²) in [7, 11) is 0. The number of thiophene rings is 1. The Morgan fingerprint density at radius 1 is 1.14 bits per heavy atom. The molecule has 1 atom stereocenters. The van der Waals surface area contributed by atoms with Crippen LogP contribution in [-0.2, 0) is 9.59 Å². The molecule has 2 heterocycles. The van der Waals surface area contributed by atoms with Gasteiger partial charge in [-0.2, -0.15) is 0 Å². The van der Waals surface area contributed by atoms with Crippen LogP contribution < -0.4 is 10.1 Å². The Kier molecular flexibility index (Phi) is 6.10. The number of nitrogens with one attached hydrogen (secondary N) is 1. The third kappa shape index (κ3) is 4.95. The van der Waals surface area contributed by atoms with E-state index in [0.29, 0.717) is 26.1 Å². The Hall–Kier alpha value is -2.86. The van der Waals surface area contributed by atoms with Gasteiger partial charge in [0.2, 0.25) is 11.8 Å². The van der Waals surface area contributed by atoms with Crippen molar-refractivity contribution >= 4 is 38.9 Å². The maximum atomic E-state index is 12.7. The number of carbonyl (C=O) groups excluding carboxylic acids is 2. The summed E-state index contributed by atoms with van der Waals surface area (Å²) in [5, 5.41) is 6.20. The van der Waals surface area contributed by atoms with Gasteiger partial charge in [0.25, 0.3) is 0 Å². The number of benzene rings is 2. The van der Waals surface area contributed by atoms with Crippen LogP contribution in [0.2, 0.25) is 0 Å². The van der Waals surface area contributed by atoms with Crippen molar-refractivity contribution in [3.8, 4) is 5.75 Å². The van der Waals surface area contributed by atoms with Gasteiger partial charge in [-0.15, -0.1) is 11.3 Å². The summed E-state index contributed by atoms with van der Waals surface area (Å²) in [6.07, 6.45) is 1.96. The average Bonchev–Trinajstić information content (AvgIpc) is 3.22. The van der Waals surface area contributed by atoms with Crippen LogP contribution in [0.5, 0.6) is 5.75 Å². The fourth-order valence-corrected chi connectivity index (χ4v) is 4.41. The lowest BCUT2D eigenvalue weighted by Gasteiger charge is -2.32. The molecule has 3 aromatic rings. The number of carbonyl (C=O) groups is 2. The highest BCUT2D eigenvalue weighted by molar-refractivity contribution is 7.17. The first kappa shape index (κ1) is 19.5. The Morgan fingerprint density at radius 3 is 2.86 bits per heavy atom. The van der Waals surface area contributed by atoms with Crippen molar-refractivity contribution in [1.82, 2.24) is 4.90 Å². The fraction of sp³-hybridized carbons (Fsp3) is 0.304. The highest BCUT2D eigenvalue weighted by atomic mass is 32.1. The van der Waals surface area contributed by atoms with Gasteiger partial charge >= 0.3 is 0 Å². The van der Waals surface area contributed by atoms with Gasteiger partial charge in [0, 0.05) is 23.5 Å². The van der Waals surface area contributed by atoms with Crippen molar-refractivity contribution in [3.05, 3.63) is 60.0 Å². The molecule has 5 nitrogen and oxygen atoms in total. The zero-order valence-corrected chi connectivity index (χ0v) is 17.0. The summed E-state index contributed by atoms with van der Waals surface area (Å²) >= 11 is 1.68. The molecule has 1 N–H and O–H groups in total. The molecule has 6 heteroatoms. The van der Waals surface area contributed by atoms with Crippen molar-refractivity contribution < 1.29 is 14.3 Å². The van der Waals surface area contributed by atoms with Gasteiger partial charge in [-0.3, -0.25) is 9.59 Å². The van der Waals surface area contributed by atoms with E-state index in [1.165, 1.54) is 4.70 Å². The van der Waals surface area contributed by atoms with Crippen molar-refractivity contribution in [2.75, 3.05) is 25.0 Å². The molecule has 1 aromatic heterocycles. The number of ether oxygens (including phenoxy) is 1. The second-order valence-corrected chi connectivity index (χ2v) is 8.20. The summed E-state index contributed by atoms with van der Waals surface area (Å²) in [5.41, 5.74) is 0.806. The van der Waals surface area contributed by atoms with E-state index in [1.54, 1.807) is 16.2 Å². The number of hydrogen-bond donors (Lipinski definition) is 1. The largest absolute Gasteiger partial charge is 0.493 e. The van der Waals surface area contributed by atoms with Crippen LogP contribution in [0.15, 0.2) is 60.0 Å². The molecule has 0 spiro atoms. The predicted octanol–water partition coefficient (Wildman–Crippen LogP) is 4.55. The second-order valence-electron chi connectivity index (χ2n) is 7.25. The smallest absolute Gasteiger partial charge is 0.229 e. The van der Waals surface area contributed by atoms with E-state index in [0.717, 1.165) is 29.7 Å². The average molecular weight is 409 g/mol. The van der Waals surface area contributed by atoms with Gasteiger partial charge in [-0.25, -0.2) is 0 Å². The van der Waals surface area contributed by atoms with Gasteiger partial charge in [0.1, 0.15) is 5.75 Å². The van der Waals surface area contributed by atoms with Crippen molar-refractivity contribution in [2.45, 2.75) is 19.3 Å². The number of amides is 2. The monoisotopic (exact) mass is 408 g/mol. The zero-order valence-electron chi connectivity index (χ0n) is 16.2. The summed E-state index contributed by atoms with van der Waals surface area (Å²) in [6.45, 7) is 1.52. The Balaban J connectivity index is 1.28. The fourth-order valence-electron chi connectivity index (χ4n) is 3.64. The molecule has 4 rings (SSSR count). The highest BCUT2D eigenvalue weighted by Crippen LogP contribution is 2.25. The normalized spacial score (nSPS) is 16.6. The molecule has 0 bridgehead atoms. The molecule has 0 aliphatic carbocycles. The molecule has 1 aliphatic rings. The van der Waals surface area contributed by atoms with E-state index < -0.39 is 0 Å². The minimum Gasteiger partial charge on any atom is -0.493 e. The molecular weight excluding hydrogens is 384 g/mol. The number of hydrogen-bond acceptors (Lipinski definition) is 4. The lowest BCUT2D eigenvalue weighted by molar-refractivity contribution is -0.135. The van der Waals surface area contributed by atoms with Gasteiger partial charge in [-0.05, 0) is 60.0 Å². The molecule has 1 aliphatic heterocycles. The van der Waals surface area contributed by atoms with E-state index in [-0.39, 0.29) is 17.7 Å². The minimum absolute atomic E-state index is 0.0161. The quantitative estimate of drug-likeness (QED) is 0.651. The Labute approximate surface area is 174 Å². The minimum atomic E-state index is -0.180. The standard InChI is InChI=1S/C23H24N2O3S/c26-22(10-13-28-20-6-2-1-3-7-20)25-12-4-5-18(16-25)23(27)24-19-8-9-21-17(15-19)11-14-29-21/h1-3,6-9,11,14-15,18H,4-5,10,12-13,16H2,(H,24,27). The molecular formula is C23H24N2O3S. The van der Waals surface area contributed by atoms with Crippen LogP contribution in [0.1, 0.15) is 19.3 Å². The number of piperidine rings is 1. The SMILES string of the molecule is O=C(Nc1ccc2sccc2c1)C1CCCN(C(=O)CCOc2ccccc2)C1. The number of para-hydroxylation sites is 1. The Bertz CT molecular complexity index is 986. The van der Waals surface area contributed by atoms with Crippen LogP contribution >= 0.6 is 11.3 Å². The number of nitrogens with zero attached hydrogens (tertiary/aromatic N) is 1. The van der Waals surface area contributed by atoms with Crippen LogP contribution in [-0.4, -0.2) is 36.4 Å². The first-order valence-corrected chi connectivity index (χ1v) is 10.8. The molecule has 1 saturated heterocycles. The van der Waals surface area contributed by atoms with Gasteiger partial charge < -0.3 is 15.0 Å². The van der Waals surface area contributed by atoms with Crippen LogP contribution in [0, 0.1) is 5.92 Å². The van der Waals surface area contributed by atoms with Gasteiger partial charge in [0.05, 0.1) is 18.9 Å². The zero-order chi connectivity index (χ0) is 20.1. The van der Waals surface area contributed by atoms with Crippen molar-refractivity contribution in [2.24, 2.45) is 5.92 Å². The number of anilines is 1. The highest BCUT2D eigenvalue weighted by Gasteiger charge is 2.28. The van der Waals surface area contributed by atoms with Crippen molar-refractivity contribution in [3.63, 3.8) is 0 Å². The van der Waals surface area contributed by atoms with Crippen LogP contribution in [0.25, 0.3) is 10.1 Å². The van der Waals surface area contributed by atoms with E-state index in [9.17, 15) is 9.59 Å². The molecule has 1 unspecified atom stereocenters. The van der Waals surface area contributed by atoms with E-state index in [1.807, 2.05) is 60.0 Å². The van der Waals surface area contributed by atoms with E-state index in [2.05, 4.69) is 5.32 Å². The van der Waals surface area contributed by atoms with Crippen molar-refractivity contribution in [1.29, 1.82) is 0 Å². The molecule has 0 radical (unpaired) electrons. The molecule has 2 aromatic carbocycles. The topological polar surface area (TPSA) is 58.6 Å². The first-order chi connectivity index (χ1) is 14.2. The maximum Gasteiger partial charge on any atom is 0.229 e. The molecule has 29 heavy (non-hydrogen) atoms. The maximum absolute atomic E-state index is 12.7.